The average Bonchev–Trinajstić information content (AvgIpc) is 2.48. The average molecular weight is 269 g/mol. The van der Waals surface area contributed by atoms with Crippen LogP contribution in [0.15, 0.2) is 54.6 Å². The largest absolute Gasteiger partial charge is 0.364 e. The zero-order chi connectivity index (χ0) is 14.4. The molecule has 0 spiro atoms. The van der Waals surface area contributed by atoms with Crippen molar-refractivity contribution in [3.05, 3.63) is 65.7 Å². The van der Waals surface area contributed by atoms with Crippen molar-refractivity contribution in [2.75, 3.05) is 5.32 Å². The number of ether oxygens (including phenoxy) is 1. The third kappa shape index (κ3) is 4.21. The molecule has 0 aromatic heterocycles. The first-order valence-electron chi connectivity index (χ1n) is 6.68. The van der Waals surface area contributed by atoms with Gasteiger partial charge in [-0.3, -0.25) is 4.79 Å². The van der Waals surface area contributed by atoms with Crippen molar-refractivity contribution in [1.82, 2.24) is 0 Å². The van der Waals surface area contributed by atoms with Crippen LogP contribution in [0.2, 0.25) is 0 Å². The lowest BCUT2D eigenvalue weighted by Crippen LogP contribution is -2.27. The van der Waals surface area contributed by atoms with Crippen LogP contribution in [0.25, 0.3) is 0 Å². The van der Waals surface area contributed by atoms with Crippen LogP contribution >= 0.6 is 0 Å². The van der Waals surface area contributed by atoms with Crippen molar-refractivity contribution in [1.29, 1.82) is 0 Å². The van der Waals surface area contributed by atoms with E-state index in [-0.39, 0.29) is 5.91 Å². The molecule has 0 heterocycles. The molecular weight excluding hydrogens is 250 g/mol. The van der Waals surface area contributed by atoms with Crippen molar-refractivity contribution in [3.63, 3.8) is 0 Å². The van der Waals surface area contributed by atoms with Crippen LogP contribution < -0.4 is 5.32 Å². The molecule has 3 nitrogen and oxygen atoms in total. The lowest BCUT2D eigenvalue weighted by Gasteiger charge is -2.13. The topological polar surface area (TPSA) is 38.3 Å². The van der Waals surface area contributed by atoms with Crippen molar-refractivity contribution < 1.29 is 9.53 Å². The number of aryl methyl sites for hydroxylation is 1. The van der Waals surface area contributed by atoms with Gasteiger partial charge >= 0.3 is 0 Å². The molecule has 0 aliphatic rings. The minimum absolute atomic E-state index is 0.134. The Balaban J connectivity index is 1.84. The fourth-order valence-electron chi connectivity index (χ4n) is 1.75. The summed E-state index contributed by atoms with van der Waals surface area (Å²) in [5.74, 6) is -0.134. The van der Waals surface area contributed by atoms with E-state index in [9.17, 15) is 4.79 Å². The SMILES string of the molecule is Cc1ccc(NC(=O)[C@H](C)OCc2ccccc2)cc1. The Hall–Kier alpha value is -2.13. The highest BCUT2D eigenvalue weighted by atomic mass is 16.5. The third-order valence-corrected chi connectivity index (χ3v) is 3.03. The van der Waals surface area contributed by atoms with E-state index in [4.69, 9.17) is 4.74 Å². The maximum Gasteiger partial charge on any atom is 0.253 e. The Morgan fingerprint density at radius 3 is 2.40 bits per heavy atom. The molecule has 2 aromatic rings. The maximum atomic E-state index is 12.0. The van der Waals surface area contributed by atoms with E-state index in [1.807, 2.05) is 61.5 Å². The predicted octanol–water partition coefficient (Wildman–Crippen LogP) is 3.54. The quantitative estimate of drug-likeness (QED) is 0.901. The van der Waals surface area contributed by atoms with Crippen molar-refractivity contribution >= 4 is 11.6 Å². The lowest BCUT2D eigenvalue weighted by atomic mass is 10.2. The molecule has 0 unspecified atom stereocenters. The number of hydrogen-bond acceptors (Lipinski definition) is 2. The summed E-state index contributed by atoms with van der Waals surface area (Å²) in [6, 6.07) is 17.5. The molecule has 0 saturated heterocycles. The maximum absolute atomic E-state index is 12.0. The van der Waals surface area contributed by atoms with Gasteiger partial charge in [-0.1, -0.05) is 48.0 Å². The van der Waals surface area contributed by atoms with Gasteiger partial charge in [0.05, 0.1) is 6.61 Å². The van der Waals surface area contributed by atoms with Crippen LogP contribution in [0.3, 0.4) is 0 Å². The number of benzene rings is 2. The molecule has 1 atom stereocenters. The number of hydrogen-bond donors (Lipinski definition) is 1. The molecule has 3 heteroatoms. The molecule has 20 heavy (non-hydrogen) atoms. The number of carbonyl (C=O) groups excluding carboxylic acids is 1. The zero-order valence-electron chi connectivity index (χ0n) is 11.8. The Bertz CT molecular complexity index is 549. The monoisotopic (exact) mass is 269 g/mol. The summed E-state index contributed by atoms with van der Waals surface area (Å²) in [6.45, 7) is 4.20. The van der Waals surface area contributed by atoms with Crippen LogP contribution in [0.5, 0.6) is 0 Å². The number of amides is 1. The highest BCUT2D eigenvalue weighted by Gasteiger charge is 2.13. The number of rotatable bonds is 5. The van der Waals surface area contributed by atoms with Gasteiger partial charge in [-0.2, -0.15) is 0 Å². The fraction of sp³-hybridized carbons (Fsp3) is 0.235. The molecule has 0 fully saturated rings. The minimum atomic E-state index is -0.489. The van der Waals surface area contributed by atoms with Crippen LogP contribution in [0, 0.1) is 6.92 Å². The Morgan fingerprint density at radius 2 is 1.75 bits per heavy atom. The summed E-state index contributed by atoms with van der Waals surface area (Å²) in [7, 11) is 0. The van der Waals surface area contributed by atoms with E-state index in [2.05, 4.69) is 5.32 Å². The first-order valence-corrected chi connectivity index (χ1v) is 6.68. The second kappa shape index (κ2) is 6.87. The highest BCUT2D eigenvalue weighted by molar-refractivity contribution is 5.93. The van der Waals surface area contributed by atoms with Crippen LogP contribution in [-0.2, 0) is 16.1 Å². The lowest BCUT2D eigenvalue weighted by molar-refractivity contribution is -0.127. The van der Waals surface area contributed by atoms with Gasteiger partial charge in [-0.05, 0) is 31.5 Å². The number of carbonyl (C=O) groups is 1. The van der Waals surface area contributed by atoms with Crippen molar-refractivity contribution in [2.24, 2.45) is 0 Å². The van der Waals surface area contributed by atoms with Gasteiger partial charge in [0.2, 0.25) is 0 Å². The standard InChI is InChI=1S/C17H19NO2/c1-13-8-10-16(11-9-13)18-17(19)14(2)20-12-15-6-4-3-5-7-15/h3-11,14H,12H2,1-2H3,(H,18,19)/t14-/m0/s1. The summed E-state index contributed by atoms with van der Waals surface area (Å²) in [6.07, 6.45) is -0.489. The van der Waals surface area contributed by atoms with E-state index in [1.165, 1.54) is 0 Å². The zero-order valence-corrected chi connectivity index (χ0v) is 11.8. The molecule has 0 aliphatic carbocycles. The smallest absolute Gasteiger partial charge is 0.253 e. The highest BCUT2D eigenvalue weighted by Crippen LogP contribution is 2.10. The molecule has 1 N–H and O–H groups in total. The van der Waals surface area contributed by atoms with Gasteiger partial charge in [0, 0.05) is 5.69 Å². The Kier molecular flexibility index (Phi) is 4.91. The van der Waals surface area contributed by atoms with E-state index < -0.39 is 6.10 Å². The normalized spacial score (nSPS) is 11.9. The first kappa shape index (κ1) is 14.3. The molecule has 0 bridgehead atoms. The Morgan fingerprint density at radius 1 is 1.10 bits per heavy atom. The van der Waals surface area contributed by atoms with Crippen molar-refractivity contribution in [3.8, 4) is 0 Å². The van der Waals surface area contributed by atoms with E-state index in [0.29, 0.717) is 6.61 Å². The van der Waals surface area contributed by atoms with Crippen molar-refractivity contribution in [2.45, 2.75) is 26.6 Å². The summed E-state index contributed by atoms with van der Waals surface area (Å²) >= 11 is 0. The van der Waals surface area contributed by atoms with Crippen LogP contribution in [0.4, 0.5) is 5.69 Å². The number of nitrogens with one attached hydrogen (secondary N) is 1. The summed E-state index contributed by atoms with van der Waals surface area (Å²) in [4.78, 5) is 12.0. The van der Waals surface area contributed by atoms with Gasteiger partial charge in [-0.25, -0.2) is 0 Å². The molecule has 0 saturated carbocycles. The molecule has 2 rings (SSSR count). The first-order chi connectivity index (χ1) is 9.65. The molecule has 1 amide bonds. The van der Waals surface area contributed by atoms with E-state index in [1.54, 1.807) is 6.92 Å². The summed E-state index contributed by atoms with van der Waals surface area (Å²) < 4.78 is 5.57. The molecule has 2 aromatic carbocycles. The van der Waals surface area contributed by atoms with Gasteiger partial charge < -0.3 is 10.1 Å². The fourth-order valence-corrected chi connectivity index (χ4v) is 1.75. The summed E-state index contributed by atoms with van der Waals surface area (Å²) in [5, 5.41) is 2.84. The second-order valence-corrected chi connectivity index (χ2v) is 4.79. The third-order valence-electron chi connectivity index (χ3n) is 3.03. The van der Waals surface area contributed by atoms with E-state index >= 15 is 0 Å². The molecular formula is C17H19NO2. The van der Waals surface area contributed by atoms with Gasteiger partial charge in [-0.15, -0.1) is 0 Å². The van der Waals surface area contributed by atoms with Gasteiger partial charge in [0.15, 0.2) is 0 Å². The molecule has 104 valence electrons. The van der Waals surface area contributed by atoms with E-state index in [0.717, 1.165) is 16.8 Å². The summed E-state index contributed by atoms with van der Waals surface area (Å²) in [5.41, 5.74) is 3.01. The van der Waals surface area contributed by atoms with Crippen LogP contribution in [-0.4, -0.2) is 12.0 Å². The van der Waals surface area contributed by atoms with Crippen LogP contribution in [0.1, 0.15) is 18.1 Å². The minimum Gasteiger partial charge on any atom is -0.364 e. The molecule has 0 aliphatic heterocycles. The predicted molar refractivity (Wildman–Crippen MR) is 80.5 cm³/mol. The van der Waals surface area contributed by atoms with Gasteiger partial charge in [0.25, 0.3) is 5.91 Å². The Labute approximate surface area is 119 Å². The second-order valence-electron chi connectivity index (χ2n) is 4.79. The number of anilines is 1. The van der Waals surface area contributed by atoms with Gasteiger partial charge in [0.1, 0.15) is 6.10 Å². The molecule has 0 radical (unpaired) electrons.